The van der Waals surface area contributed by atoms with Crippen molar-refractivity contribution in [3.05, 3.63) is 21.9 Å². The van der Waals surface area contributed by atoms with Crippen molar-refractivity contribution in [2.24, 2.45) is 0 Å². The zero-order chi connectivity index (χ0) is 12.6. The average Bonchev–Trinajstić information content (AvgIpc) is 2.52. The van der Waals surface area contributed by atoms with Gasteiger partial charge in [0.1, 0.15) is 5.15 Å². The lowest BCUT2D eigenvalue weighted by Gasteiger charge is -2.15. The Morgan fingerprint density at radius 3 is 2.71 bits per heavy atom. The molecule has 0 saturated carbocycles. The largest absolute Gasteiger partial charge is 0.379 e. The van der Waals surface area contributed by atoms with Crippen molar-refractivity contribution in [1.29, 1.82) is 0 Å². The lowest BCUT2D eigenvalue weighted by molar-refractivity contribution is 0.602. The molecule has 0 spiro atoms. The van der Waals surface area contributed by atoms with Gasteiger partial charge < -0.3 is 5.32 Å². The van der Waals surface area contributed by atoms with E-state index >= 15 is 0 Å². The average molecular weight is 295 g/mol. The Balaban J connectivity index is 2.20. The Morgan fingerprint density at radius 1 is 1.47 bits per heavy atom. The molecule has 1 aromatic heterocycles. The first-order valence-corrected chi connectivity index (χ1v) is 7.75. The highest BCUT2D eigenvalue weighted by Gasteiger charge is 2.28. The highest BCUT2D eigenvalue weighted by molar-refractivity contribution is 7.91. The van der Waals surface area contributed by atoms with E-state index in [9.17, 15) is 8.42 Å². The van der Waals surface area contributed by atoms with E-state index in [1.165, 1.54) is 0 Å². The van der Waals surface area contributed by atoms with Crippen LogP contribution in [-0.2, 0) is 9.84 Å². The molecule has 1 unspecified atom stereocenters. The van der Waals surface area contributed by atoms with Gasteiger partial charge in [0, 0.05) is 6.04 Å². The molecule has 0 bridgehead atoms. The number of sulfone groups is 1. The first-order chi connectivity index (χ1) is 7.87. The quantitative estimate of drug-likeness (QED) is 0.851. The first-order valence-electron chi connectivity index (χ1n) is 5.17. The molecule has 17 heavy (non-hydrogen) atoms. The van der Waals surface area contributed by atoms with E-state index in [0.717, 1.165) is 5.56 Å². The molecule has 1 aliphatic rings. The topological polar surface area (TPSA) is 59.1 Å². The molecular weight excluding hydrogens is 283 g/mol. The van der Waals surface area contributed by atoms with Crippen LogP contribution in [0.5, 0.6) is 0 Å². The van der Waals surface area contributed by atoms with Crippen LogP contribution in [-0.4, -0.2) is 30.9 Å². The van der Waals surface area contributed by atoms with E-state index in [1.54, 1.807) is 6.07 Å². The zero-order valence-corrected chi connectivity index (χ0v) is 11.5. The van der Waals surface area contributed by atoms with E-state index in [4.69, 9.17) is 23.2 Å². The summed E-state index contributed by atoms with van der Waals surface area (Å²) in [5, 5.41) is 3.74. The maximum absolute atomic E-state index is 11.3. The highest BCUT2D eigenvalue weighted by Crippen LogP contribution is 2.28. The number of nitrogens with one attached hydrogen (secondary N) is 1. The maximum Gasteiger partial charge on any atom is 0.154 e. The molecule has 0 radical (unpaired) electrons. The molecule has 1 N–H and O–H groups in total. The van der Waals surface area contributed by atoms with E-state index < -0.39 is 9.84 Å². The van der Waals surface area contributed by atoms with Crippen LogP contribution < -0.4 is 5.32 Å². The van der Waals surface area contributed by atoms with Gasteiger partial charge in [-0.25, -0.2) is 13.4 Å². The van der Waals surface area contributed by atoms with Crippen LogP contribution in [0.25, 0.3) is 0 Å². The molecule has 0 amide bonds. The fourth-order valence-corrected chi connectivity index (χ4v) is 4.14. The van der Waals surface area contributed by atoms with Gasteiger partial charge in [-0.05, 0) is 25.0 Å². The van der Waals surface area contributed by atoms with Crippen LogP contribution >= 0.6 is 23.2 Å². The third-order valence-corrected chi connectivity index (χ3v) is 4.96. The molecule has 1 fully saturated rings. The summed E-state index contributed by atoms with van der Waals surface area (Å²) in [6, 6.07) is 1.60. The van der Waals surface area contributed by atoms with Crippen molar-refractivity contribution in [3.8, 4) is 0 Å². The van der Waals surface area contributed by atoms with Gasteiger partial charge in [0.25, 0.3) is 0 Å². The lowest BCUT2D eigenvalue weighted by atomic mass is 10.2. The Labute approximate surface area is 110 Å². The van der Waals surface area contributed by atoms with Crippen molar-refractivity contribution >= 4 is 38.7 Å². The standard InChI is InChI=1S/C10H12Cl2N2O2S/c1-6-4-8(11)14-10(12)9(6)13-7-2-3-17(15,16)5-7/h4,7,13H,2-3,5H2,1H3. The minimum atomic E-state index is -2.90. The summed E-state index contributed by atoms with van der Waals surface area (Å²) in [4.78, 5) is 3.93. The molecule has 0 aromatic carbocycles. The molecule has 1 aliphatic heterocycles. The Morgan fingerprint density at radius 2 is 2.18 bits per heavy atom. The predicted molar refractivity (Wildman–Crippen MR) is 69.7 cm³/mol. The van der Waals surface area contributed by atoms with Crippen LogP contribution in [0, 0.1) is 6.92 Å². The summed E-state index contributed by atoms with van der Waals surface area (Å²) in [5.74, 6) is 0.369. The Hall–Kier alpha value is -0.520. The number of nitrogens with zero attached hydrogens (tertiary/aromatic N) is 1. The van der Waals surface area contributed by atoms with Crippen LogP contribution in [0.15, 0.2) is 6.07 Å². The van der Waals surface area contributed by atoms with Crippen molar-refractivity contribution in [1.82, 2.24) is 4.98 Å². The minimum Gasteiger partial charge on any atom is -0.379 e. The van der Waals surface area contributed by atoms with Crippen molar-refractivity contribution in [2.75, 3.05) is 16.8 Å². The molecule has 7 heteroatoms. The van der Waals surface area contributed by atoms with Gasteiger partial charge in [-0.15, -0.1) is 0 Å². The Kier molecular flexibility index (Phi) is 3.52. The predicted octanol–water partition coefficient (Wildman–Crippen LogP) is 2.30. The molecule has 1 atom stereocenters. The molecule has 1 saturated heterocycles. The van der Waals surface area contributed by atoms with E-state index in [1.807, 2.05) is 6.92 Å². The summed E-state index contributed by atoms with van der Waals surface area (Å²) in [5.41, 5.74) is 1.53. The number of anilines is 1. The van der Waals surface area contributed by atoms with Crippen molar-refractivity contribution in [3.63, 3.8) is 0 Å². The van der Waals surface area contributed by atoms with Crippen molar-refractivity contribution in [2.45, 2.75) is 19.4 Å². The summed E-state index contributed by atoms with van der Waals surface area (Å²) in [7, 11) is -2.90. The van der Waals surface area contributed by atoms with Crippen LogP contribution in [0.1, 0.15) is 12.0 Å². The highest BCUT2D eigenvalue weighted by atomic mass is 35.5. The monoisotopic (exact) mass is 294 g/mol. The fourth-order valence-electron chi connectivity index (χ4n) is 1.88. The fraction of sp³-hybridized carbons (Fsp3) is 0.500. The Bertz CT molecular complexity index is 522. The summed E-state index contributed by atoms with van der Waals surface area (Å²) < 4.78 is 22.7. The number of aromatic nitrogens is 1. The molecule has 1 aromatic rings. The van der Waals surface area contributed by atoms with Gasteiger partial charge in [-0.1, -0.05) is 23.2 Å². The molecule has 0 aliphatic carbocycles. The van der Waals surface area contributed by atoms with E-state index in [0.29, 0.717) is 17.3 Å². The van der Waals surface area contributed by atoms with Crippen LogP contribution in [0.3, 0.4) is 0 Å². The van der Waals surface area contributed by atoms with E-state index in [2.05, 4.69) is 10.3 Å². The minimum absolute atomic E-state index is 0.0980. The third-order valence-electron chi connectivity index (χ3n) is 2.72. The zero-order valence-electron chi connectivity index (χ0n) is 9.20. The smallest absolute Gasteiger partial charge is 0.154 e. The molecular formula is C10H12Cl2N2O2S. The van der Waals surface area contributed by atoms with Crippen molar-refractivity contribution < 1.29 is 8.42 Å². The SMILES string of the molecule is Cc1cc(Cl)nc(Cl)c1NC1CCS(=O)(=O)C1. The second-order valence-electron chi connectivity index (χ2n) is 4.17. The number of hydrogen-bond acceptors (Lipinski definition) is 4. The number of halogens is 2. The number of aryl methyl sites for hydroxylation is 1. The van der Waals surface area contributed by atoms with Gasteiger partial charge in [0.05, 0.1) is 17.2 Å². The van der Waals surface area contributed by atoms with Gasteiger partial charge in [0.15, 0.2) is 15.0 Å². The van der Waals surface area contributed by atoms with E-state index in [-0.39, 0.29) is 22.7 Å². The molecule has 2 heterocycles. The normalized spacial score (nSPS) is 22.6. The maximum atomic E-state index is 11.3. The second kappa shape index (κ2) is 4.63. The lowest BCUT2D eigenvalue weighted by Crippen LogP contribution is -2.21. The van der Waals surface area contributed by atoms with Crippen LogP contribution in [0.2, 0.25) is 10.3 Å². The molecule has 4 nitrogen and oxygen atoms in total. The van der Waals surface area contributed by atoms with Gasteiger partial charge in [-0.3, -0.25) is 0 Å². The van der Waals surface area contributed by atoms with Gasteiger partial charge >= 0.3 is 0 Å². The number of hydrogen-bond donors (Lipinski definition) is 1. The second-order valence-corrected chi connectivity index (χ2v) is 7.15. The summed E-state index contributed by atoms with van der Waals surface area (Å²) in [6.45, 7) is 1.85. The van der Waals surface area contributed by atoms with Crippen LogP contribution in [0.4, 0.5) is 5.69 Å². The first kappa shape index (κ1) is 12.9. The third kappa shape index (κ3) is 3.03. The number of pyridine rings is 1. The van der Waals surface area contributed by atoms with Gasteiger partial charge in [0.2, 0.25) is 0 Å². The summed E-state index contributed by atoms with van der Waals surface area (Å²) >= 11 is 11.7. The van der Waals surface area contributed by atoms with Gasteiger partial charge in [-0.2, -0.15) is 0 Å². The molecule has 2 rings (SSSR count). The molecule has 94 valence electrons. The number of rotatable bonds is 2. The summed E-state index contributed by atoms with van der Waals surface area (Å²) in [6.07, 6.45) is 0.598.